The molecule has 0 aliphatic carbocycles. The smallest absolute Gasteiger partial charge is 0.270 e. The molecule has 0 unspecified atom stereocenters. The largest absolute Gasteiger partial charge is 0.371 e. The molecular formula is C18H26N4O3. The molecule has 1 aromatic carbocycles. The molecule has 25 heavy (non-hydrogen) atoms. The van der Waals surface area contributed by atoms with E-state index in [0.717, 1.165) is 44.5 Å². The van der Waals surface area contributed by atoms with E-state index < -0.39 is 4.92 Å². The van der Waals surface area contributed by atoms with Crippen LogP contribution in [0.1, 0.15) is 57.4 Å². The first kappa shape index (κ1) is 18.9. The Morgan fingerprint density at radius 3 is 2.68 bits per heavy atom. The number of amides is 1. The summed E-state index contributed by atoms with van der Waals surface area (Å²) in [5.41, 5.74) is 4.11. The molecule has 0 spiro atoms. The number of nitrogens with zero attached hydrogens (tertiary/aromatic N) is 3. The van der Waals surface area contributed by atoms with E-state index >= 15 is 0 Å². The minimum absolute atomic E-state index is 0.0253. The molecule has 0 atom stereocenters. The predicted molar refractivity (Wildman–Crippen MR) is 99.0 cm³/mol. The van der Waals surface area contributed by atoms with E-state index in [2.05, 4.69) is 15.4 Å². The Balaban J connectivity index is 2.18. The fourth-order valence-corrected chi connectivity index (χ4v) is 2.93. The van der Waals surface area contributed by atoms with Gasteiger partial charge in [0.1, 0.15) is 0 Å². The number of rotatable bonds is 7. The van der Waals surface area contributed by atoms with Crippen LogP contribution in [0.4, 0.5) is 11.4 Å². The molecule has 1 saturated heterocycles. The van der Waals surface area contributed by atoms with Gasteiger partial charge < -0.3 is 4.90 Å². The van der Waals surface area contributed by atoms with Gasteiger partial charge in [0.15, 0.2) is 0 Å². The molecule has 1 amide bonds. The van der Waals surface area contributed by atoms with Crippen LogP contribution >= 0.6 is 0 Å². The van der Waals surface area contributed by atoms with Crippen LogP contribution in [-0.4, -0.2) is 30.1 Å². The lowest BCUT2D eigenvalue weighted by Gasteiger charge is -2.24. The van der Waals surface area contributed by atoms with Crippen molar-refractivity contribution >= 4 is 23.5 Å². The average molecular weight is 346 g/mol. The van der Waals surface area contributed by atoms with E-state index in [1.165, 1.54) is 31.2 Å². The molecule has 1 aliphatic rings. The van der Waals surface area contributed by atoms with Gasteiger partial charge in [0.2, 0.25) is 5.91 Å². The SMILES string of the molecule is CCCCC(=O)N/N=C\c1cc([N+](=O)[O-])ccc1N1CCCCCC1. The van der Waals surface area contributed by atoms with Crippen molar-refractivity contribution in [2.45, 2.75) is 51.9 Å². The van der Waals surface area contributed by atoms with Crippen LogP contribution in [0.2, 0.25) is 0 Å². The number of hydrogen-bond donors (Lipinski definition) is 1. The molecule has 0 saturated carbocycles. The van der Waals surface area contributed by atoms with Gasteiger partial charge in [-0.05, 0) is 25.3 Å². The molecule has 0 radical (unpaired) electrons. The summed E-state index contributed by atoms with van der Waals surface area (Å²) in [4.78, 5) is 24.6. The number of hydrogen-bond acceptors (Lipinski definition) is 5. The highest BCUT2D eigenvalue weighted by molar-refractivity contribution is 5.90. The van der Waals surface area contributed by atoms with Crippen LogP contribution in [0, 0.1) is 10.1 Å². The number of hydrazone groups is 1. The van der Waals surface area contributed by atoms with Gasteiger partial charge in [0.05, 0.1) is 11.1 Å². The first-order chi connectivity index (χ1) is 12.1. The first-order valence-corrected chi connectivity index (χ1v) is 8.97. The fourth-order valence-electron chi connectivity index (χ4n) is 2.93. The van der Waals surface area contributed by atoms with Crippen molar-refractivity contribution in [3.05, 3.63) is 33.9 Å². The second kappa shape index (κ2) is 9.76. The summed E-state index contributed by atoms with van der Waals surface area (Å²) in [5, 5.41) is 15.1. The van der Waals surface area contributed by atoms with Crippen molar-refractivity contribution in [3.63, 3.8) is 0 Å². The molecule has 1 N–H and O–H groups in total. The Morgan fingerprint density at radius 1 is 1.32 bits per heavy atom. The maximum Gasteiger partial charge on any atom is 0.270 e. The van der Waals surface area contributed by atoms with E-state index in [1.54, 1.807) is 6.07 Å². The first-order valence-electron chi connectivity index (χ1n) is 8.97. The molecule has 2 rings (SSSR count). The van der Waals surface area contributed by atoms with Crippen molar-refractivity contribution in [1.29, 1.82) is 0 Å². The highest BCUT2D eigenvalue weighted by Gasteiger charge is 2.16. The Morgan fingerprint density at radius 2 is 2.04 bits per heavy atom. The molecule has 136 valence electrons. The van der Waals surface area contributed by atoms with Gasteiger partial charge in [-0.1, -0.05) is 26.2 Å². The molecule has 1 aliphatic heterocycles. The van der Waals surface area contributed by atoms with E-state index in [-0.39, 0.29) is 11.6 Å². The molecular weight excluding hydrogens is 320 g/mol. The predicted octanol–water partition coefficient (Wildman–Crippen LogP) is 3.62. The van der Waals surface area contributed by atoms with E-state index in [9.17, 15) is 14.9 Å². The van der Waals surface area contributed by atoms with Crippen LogP contribution in [0.5, 0.6) is 0 Å². The maximum atomic E-state index is 11.7. The molecule has 1 aromatic rings. The van der Waals surface area contributed by atoms with Gasteiger partial charge in [0, 0.05) is 42.9 Å². The third kappa shape index (κ3) is 5.85. The van der Waals surface area contributed by atoms with E-state index in [1.807, 2.05) is 6.92 Å². The van der Waals surface area contributed by atoms with Gasteiger partial charge in [-0.15, -0.1) is 0 Å². The number of nitro benzene ring substituents is 1. The van der Waals surface area contributed by atoms with Crippen molar-refractivity contribution < 1.29 is 9.72 Å². The van der Waals surface area contributed by atoms with Crippen molar-refractivity contribution in [1.82, 2.24) is 5.43 Å². The summed E-state index contributed by atoms with van der Waals surface area (Å²) >= 11 is 0. The van der Waals surface area contributed by atoms with Crippen LogP contribution in [0.15, 0.2) is 23.3 Å². The summed E-state index contributed by atoms with van der Waals surface area (Å²) in [5.74, 6) is -0.139. The highest BCUT2D eigenvalue weighted by atomic mass is 16.6. The number of nitro groups is 1. The number of nitrogens with one attached hydrogen (secondary N) is 1. The Bertz CT molecular complexity index is 623. The van der Waals surface area contributed by atoms with Crippen LogP contribution in [0.3, 0.4) is 0 Å². The van der Waals surface area contributed by atoms with Gasteiger partial charge in [-0.25, -0.2) is 5.43 Å². The molecule has 1 fully saturated rings. The van der Waals surface area contributed by atoms with Gasteiger partial charge in [-0.2, -0.15) is 5.10 Å². The Labute approximate surface area is 148 Å². The number of non-ortho nitro benzene ring substituents is 1. The number of unbranched alkanes of at least 4 members (excludes halogenated alkanes) is 1. The summed E-state index contributed by atoms with van der Waals surface area (Å²) in [6.07, 6.45) is 8.35. The standard InChI is InChI=1S/C18H26N4O3/c1-2-3-8-18(23)20-19-14-15-13-16(22(24)25)9-10-17(15)21-11-6-4-5-7-12-21/h9-10,13-14H,2-8,11-12H2,1H3,(H,20,23)/b19-14-. The quantitative estimate of drug-likeness (QED) is 0.464. The number of benzene rings is 1. The third-order valence-corrected chi connectivity index (χ3v) is 4.32. The summed E-state index contributed by atoms with van der Waals surface area (Å²) < 4.78 is 0. The normalized spacial score (nSPS) is 15.2. The number of carbonyl (C=O) groups is 1. The summed E-state index contributed by atoms with van der Waals surface area (Å²) in [7, 11) is 0. The lowest BCUT2D eigenvalue weighted by Crippen LogP contribution is -2.25. The topological polar surface area (TPSA) is 87.8 Å². The summed E-state index contributed by atoms with van der Waals surface area (Å²) in [6, 6.07) is 4.82. The Hall–Kier alpha value is -2.44. The molecule has 1 heterocycles. The zero-order valence-electron chi connectivity index (χ0n) is 14.7. The lowest BCUT2D eigenvalue weighted by atomic mass is 10.1. The van der Waals surface area contributed by atoms with Crippen molar-refractivity contribution in [3.8, 4) is 0 Å². The minimum Gasteiger partial charge on any atom is -0.371 e. The van der Waals surface area contributed by atoms with Gasteiger partial charge >= 0.3 is 0 Å². The van der Waals surface area contributed by atoms with Crippen LogP contribution in [0.25, 0.3) is 0 Å². The molecule has 7 heteroatoms. The molecule has 7 nitrogen and oxygen atoms in total. The van der Waals surface area contributed by atoms with E-state index in [0.29, 0.717) is 12.0 Å². The van der Waals surface area contributed by atoms with Crippen LogP contribution < -0.4 is 10.3 Å². The maximum absolute atomic E-state index is 11.7. The zero-order chi connectivity index (χ0) is 18.1. The average Bonchev–Trinajstić information content (AvgIpc) is 2.89. The van der Waals surface area contributed by atoms with Gasteiger partial charge in [0.25, 0.3) is 5.69 Å². The second-order valence-electron chi connectivity index (χ2n) is 6.30. The molecule has 0 bridgehead atoms. The van der Waals surface area contributed by atoms with Crippen molar-refractivity contribution in [2.75, 3.05) is 18.0 Å². The zero-order valence-corrected chi connectivity index (χ0v) is 14.7. The second-order valence-corrected chi connectivity index (χ2v) is 6.30. The molecule has 0 aromatic heterocycles. The lowest BCUT2D eigenvalue weighted by molar-refractivity contribution is -0.384. The minimum atomic E-state index is -0.413. The monoisotopic (exact) mass is 346 g/mol. The van der Waals surface area contributed by atoms with Crippen molar-refractivity contribution in [2.24, 2.45) is 5.10 Å². The van der Waals surface area contributed by atoms with Crippen LogP contribution in [-0.2, 0) is 4.79 Å². The van der Waals surface area contributed by atoms with Gasteiger partial charge in [-0.3, -0.25) is 14.9 Å². The highest BCUT2D eigenvalue weighted by Crippen LogP contribution is 2.26. The summed E-state index contributed by atoms with van der Waals surface area (Å²) in [6.45, 7) is 3.89. The Kier molecular flexibility index (Phi) is 7.37. The number of anilines is 1. The number of carbonyl (C=O) groups excluding carboxylic acids is 1. The van der Waals surface area contributed by atoms with E-state index in [4.69, 9.17) is 0 Å². The fraction of sp³-hybridized carbons (Fsp3) is 0.556. The third-order valence-electron chi connectivity index (χ3n) is 4.32.